The molecule has 0 radical (unpaired) electrons. The van der Waals surface area contributed by atoms with Crippen molar-refractivity contribution in [3.8, 4) is 6.07 Å². The van der Waals surface area contributed by atoms with Crippen molar-refractivity contribution in [1.29, 1.82) is 5.26 Å². The van der Waals surface area contributed by atoms with Crippen LogP contribution in [-0.2, 0) is 0 Å². The standard InChI is InChI=1S/C16H20N6/c1-3-6-22-9-13(5-4-11(22)2)21-16-14-12(7-17)8-18-15(14)19-10-20-16/h3,6,8,10-11,13H,4-5,9H2,1-2H3,(H2,18,19,20,21)/t11-,13+/m0/s1. The number of rotatable bonds is 3. The number of fused-ring (bicyclic) bond motifs is 1. The average Bonchev–Trinajstić information content (AvgIpc) is 2.95. The van der Waals surface area contributed by atoms with Gasteiger partial charge in [0.1, 0.15) is 23.9 Å². The second kappa shape index (κ2) is 6.06. The highest BCUT2D eigenvalue weighted by atomic mass is 15.2. The van der Waals surface area contributed by atoms with Crippen LogP contribution in [0.1, 0.15) is 32.3 Å². The minimum absolute atomic E-state index is 0.312. The number of nitrogens with zero attached hydrogens (tertiary/aromatic N) is 4. The van der Waals surface area contributed by atoms with Crippen molar-refractivity contribution in [3.63, 3.8) is 0 Å². The molecule has 0 saturated carbocycles. The van der Waals surface area contributed by atoms with Crippen molar-refractivity contribution in [3.05, 3.63) is 30.4 Å². The number of hydrogen-bond acceptors (Lipinski definition) is 5. The van der Waals surface area contributed by atoms with Gasteiger partial charge in [-0.1, -0.05) is 6.08 Å². The van der Waals surface area contributed by atoms with E-state index in [0.29, 0.717) is 23.3 Å². The maximum Gasteiger partial charge on any atom is 0.144 e. The smallest absolute Gasteiger partial charge is 0.144 e. The molecule has 1 aliphatic rings. The molecule has 0 amide bonds. The maximum absolute atomic E-state index is 9.23. The molecule has 114 valence electrons. The van der Waals surface area contributed by atoms with E-state index in [1.165, 1.54) is 6.33 Å². The summed E-state index contributed by atoms with van der Waals surface area (Å²) in [6, 6.07) is 3.06. The lowest BCUT2D eigenvalue weighted by Crippen LogP contribution is -2.44. The molecule has 2 aromatic heterocycles. The molecule has 6 nitrogen and oxygen atoms in total. The molecule has 6 heteroatoms. The first kappa shape index (κ1) is 14.4. The summed E-state index contributed by atoms with van der Waals surface area (Å²) in [4.78, 5) is 13.9. The van der Waals surface area contributed by atoms with Gasteiger partial charge >= 0.3 is 0 Å². The van der Waals surface area contributed by atoms with Crippen molar-refractivity contribution in [2.45, 2.75) is 38.8 Å². The van der Waals surface area contributed by atoms with Crippen LogP contribution >= 0.6 is 0 Å². The Hall–Kier alpha value is -2.55. The van der Waals surface area contributed by atoms with Gasteiger partial charge in [0, 0.05) is 24.8 Å². The molecule has 0 unspecified atom stereocenters. The highest BCUT2D eigenvalue weighted by molar-refractivity contribution is 5.92. The van der Waals surface area contributed by atoms with Gasteiger partial charge in [0.05, 0.1) is 10.9 Å². The number of piperidine rings is 1. The van der Waals surface area contributed by atoms with Crippen LogP contribution in [0.3, 0.4) is 0 Å². The fraction of sp³-hybridized carbons (Fsp3) is 0.438. The number of aromatic amines is 1. The molecule has 22 heavy (non-hydrogen) atoms. The molecule has 1 saturated heterocycles. The highest BCUT2D eigenvalue weighted by Gasteiger charge is 2.24. The molecule has 1 aliphatic heterocycles. The van der Waals surface area contributed by atoms with Crippen LogP contribution in [0.4, 0.5) is 5.82 Å². The molecule has 0 aliphatic carbocycles. The number of nitrogens with one attached hydrogen (secondary N) is 2. The van der Waals surface area contributed by atoms with Gasteiger partial charge in [0.2, 0.25) is 0 Å². The summed E-state index contributed by atoms with van der Waals surface area (Å²) in [5, 5.41) is 13.5. The lowest BCUT2D eigenvalue weighted by atomic mass is 9.99. The second-order valence-corrected chi connectivity index (χ2v) is 5.71. The van der Waals surface area contributed by atoms with Crippen molar-refractivity contribution in [2.24, 2.45) is 0 Å². The Balaban J connectivity index is 1.84. The Bertz CT molecular complexity index is 726. The summed E-state index contributed by atoms with van der Waals surface area (Å²) >= 11 is 0. The van der Waals surface area contributed by atoms with Crippen molar-refractivity contribution >= 4 is 16.9 Å². The molecule has 0 bridgehead atoms. The molecule has 3 heterocycles. The fourth-order valence-corrected chi connectivity index (χ4v) is 3.00. The largest absolute Gasteiger partial charge is 0.373 e. The topological polar surface area (TPSA) is 80.6 Å². The molecular formula is C16H20N6. The Kier molecular flexibility index (Phi) is 3.96. The first-order chi connectivity index (χ1) is 10.7. The summed E-state index contributed by atoms with van der Waals surface area (Å²) in [5.74, 6) is 0.739. The van der Waals surface area contributed by atoms with E-state index in [2.05, 4.69) is 50.4 Å². The molecular weight excluding hydrogens is 276 g/mol. The third-order valence-electron chi connectivity index (χ3n) is 4.20. The van der Waals surface area contributed by atoms with Gasteiger partial charge in [-0.2, -0.15) is 5.26 Å². The highest BCUT2D eigenvalue weighted by Crippen LogP contribution is 2.26. The number of anilines is 1. The third kappa shape index (κ3) is 2.62. The maximum atomic E-state index is 9.23. The zero-order valence-corrected chi connectivity index (χ0v) is 12.9. The third-order valence-corrected chi connectivity index (χ3v) is 4.20. The Morgan fingerprint density at radius 2 is 2.32 bits per heavy atom. The average molecular weight is 296 g/mol. The van der Waals surface area contributed by atoms with Crippen molar-refractivity contribution in [2.75, 3.05) is 11.9 Å². The van der Waals surface area contributed by atoms with Gasteiger partial charge in [-0.25, -0.2) is 9.97 Å². The number of allylic oxidation sites excluding steroid dienone is 1. The minimum atomic E-state index is 0.312. The molecule has 2 aromatic rings. The number of likely N-dealkylation sites (tertiary alicyclic amines) is 1. The lowest BCUT2D eigenvalue weighted by Gasteiger charge is -2.37. The van der Waals surface area contributed by atoms with E-state index in [9.17, 15) is 5.26 Å². The predicted molar refractivity (Wildman–Crippen MR) is 86.2 cm³/mol. The van der Waals surface area contributed by atoms with Gasteiger partial charge in [0.25, 0.3) is 0 Å². The van der Waals surface area contributed by atoms with Gasteiger partial charge in [-0.3, -0.25) is 0 Å². The zero-order valence-electron chi connectivity index (χ0n) is 12.9. The van der Waals surface area contributed by atoms with E-state index in [0.717, 1.165) is 30.6 Å². The monoisotopic (exact) mass is 296 g/mol. The summed E-state index contributed by atoms with van der Waals surface area (Å²) in [5.41, 5.74) is 1.27. The molecule has 3 rings (SSSR count). The van der Waals surface area contributed by atoms with Crippen LogP contribution in [0.15, 0.2) is 24.8 Å². The van der Waals surface area contributed by atoms with Gasteiger partial charge < -0.3 is 15.2 Å². The van der Waals surface area contributed by atoms with Crippen molar-refractivity contribution < 1.29 is 0 Å². The van der Waals surface area contributed by atoms with Crippen LogP contribution in [-0.4, -0.2) is 38.5 Å². The van der Waals surface area contributed by atoms with Crippen LogP contribution in [0.25, 0.3) is 11.0 Å². The number of hydrogen-bond donors (Lipinski definition) is 2. The summed E-state index contributed by atoms with van der Waals surface area (Å²) in [6.45, 7) is 5.22. The van der Waals surface area contributed by atoms with Crippen LogP contribution in [0.5, 0.6) is 0 Å². The van der Waals surface area contributed by atoms with Gasteiger partial charge in [-0.05, 0) is 32.9 Å². The van der Waals surface area contributed by atoms with E-state index in [-0.39, 0.29) is 0 Å². The van der Waals surface area contributed by atoms with Gasteiger partial charge in [-0.15, -0.1) is 0 Å². The van der Waals surface area contributed by atoms with Crippen LogP contribution in [0.2, 0.25) is 0 Å². The fourth-order valence-electron chi connectivity index (χ4n) is 3.00. The van der Waals surface area contributed by atoms with Gasteiger partial charge in [0.15, 0.2) is 0 Å². The van der Waals surface area contributed by atoms with E-state index in [1.54, 1.807) is 6.20 Å². The van der Waals surface area contributed by atoms with E-state index in [4.69, 9.17) is 0 Å². The molecule has 2 N–H and O–H groups in total. The minimum Gasteiger partial charge on any atom is -0.373 e. The Morgan fingerprint density at radius 3 is 3.09 bits per heavy atom. The van der Waals surface area contributed by atoms with Crippen LogP contribution in [0, 0.1) is 11.3 Å². The molecule has 0 aromatic carbocycles. The SMILES string of the molecule is CC=CN1C[C@H](Nc2ncnc3[nH]cc(C#N)c23)CC[C@@H]1C. The molecule has 2 atom stereocenters. The number of nitriles is 1. The second-order valence-electron chi connectivity index (χ2n) is 5.71. The van der Waals surface area contributed by atoms with E-state index < -0.39 is 0 Å². The summed E-state index contributed by atoms with van der Waals surface area (Å²) in [7, 11) is 0. The summed E-state index contributed by atoms with van der Waals surface area (Å²) < 4.78 is 0. The molecule has 0 spiro atoms. The van der Waals surface area contributed by atoms with E-state index in [1.807, 2.05) is 6.92 Å². The predicted octanol–water partition coefficient (Wildman–Crippen LogP) is 2.63. The first-order valence-electron chi connectivity index (χ1n) is 7.60. The number of H-pyrrole nitrogens is 1. The van der Waals surface area contributed by atoms with Crippen LogP contribution < -0.4 is 5.32 Å². The number of aromatic nitrogens is 3. The summed E-state index contributed by atoms with van der Waals surface area (Å²) in [6.07, 6.45) is 9.64. The molecule has 1 fully saturated rings. The quantitative estimate of drug-likeness (QED) is 0.910. The Morgan fingerprint density at radius 1 is 1.45 bits per heavy atom. The van der Waals surface area contributed by atoms with Crippen molar-refractivity contribution in [1.82, 2.24) is 19.9 Å². The Labute approximate surface area is 129 Å². The van der Waals surface area contributed by atoms with E-state index >= 15 is 0 Å². The zero-order chi connectivity index (χ0) is 15.5. The normalized spacial score (nSPS) is 22.1. The lowest BCUT2D eigenvalue weighted by molar-refractivity contribution is 0.215. The first-order valence-corrected chi connectivity index (χ1v) is 7.60.